The Morgan fingerprint density at radius 2 is 1.88 bits per heavy atom. The summed E-state index contributed by atoms with van der Waals surface area (Å²) in [7, 11) is 0. The second-order valence-corrected chi connectivity index (χ2v) is 4.10. The van der Waals surface area contributed by atoms with Gasteiger partial charge in [-0.05, 0) is 40.2 Å². The first kappa shape index (κ1) is 11.2. The summed E-state index contributed by atoms with van der Waals surface area (Å²) in [5.41, 5.74) is 0. The fourth-order valence-electron chi connectivity index (χ4n) is 1.30. The normalized spacial score (nSPS) is 10.4. The van der Waals surface area contributed by atoms with Crippen molar-refractivity contribution < 1.29 is 14.3 Å². The van der Waals surface area contributed by atoms with Gasteiger partial charge in [-0.3, -0.25) is 0 Å². The lowest BCUT2D eigenvalue weighted by Crippen LogP contribution is -1.94. The first-order valence-corrected chi connectivity index (χ1v) is 5.64. The van der Waals surface area contributed by atoms with Gasteiger partial charge in [-0.15, -0.1) is 0 Å². The molecule has 4 heteroatoms. The Morgan fingerprint density at radius 3 is 2.56 bits per heavy atom. The molecule has 0 saturated carbocycles. The van der Waals surface area contributed by atoms with Crippen molar-refractivity contribution in [1.82, 2.24) is 0 Å². The molecular weight excluding hydrogens is 272 g/mol. The zero-order chi connectivity index (χ0) is 11.4. The van der Waals surface area contributed by atoms with Gasteiger partial charge in [-0.1, -0.05) is 12.1 Å². The van der Waals surface area contributed by atoms with Gasteiger partial charge >= 0.3 is 0 Å². The average molecular weight is 283 g/mol. The van der Waals surface area contributed by atoms with Crippen LogP contribution in [-0.2, 0) is 13.2 Å². The molecule has 0 bridgehead atoms. The van der Waals surface area contributed by atoms with Crippen molar-refractivity contribution in [2.45, 2.75) is 13.2 Å². The minimum atomic E-state index is -0.0883. The van der Waals surface area contributed by atoms with E-state index in [1.165, 1.54) is 0 Å². The topological polar surface area (TPSA) is 42.6 Å². The second-order valence-electron chi connectivity index (χ2n) is 3.25. The molecule has 0 saturated heterocycles. The Bertz CT molecular complexity index is 465. The minimum Gasteiger partial charge on any atom is -0.484 e. The third-order valence-electron chi connectivity index (χ3n) is 2.08. The van der Waals surface area contributed by atoms with Crippen LogP contribution in [0.3, 0.4) is 0 Å². The fraction of sp³-hybridized carbons (Fsp3) is 0.167. The van der Waals surface area contributed by atoms with Gasteiger partial charge in [0.1, 0.15) is 30.5 Å². The number of ether oxygens (including phenoxy) is 1. The lowest BCUT2D eigenvalue weighted by molar-refractivity contribution is 0.224. The van der Waals surface area contributed by atoms with Crippen LogP contribution in [0.15, 0.2) is 45.3 Å². The number of rotatable bonds is 4. The maximum Gasteiger partial charge on any atom is 0.146 e. The number of halogens is 1. The molecule has 0 atom stereocenters. The highest BCUT2D eigenvalue weighted by atomic mass is 79.9. The summed E-state index contributed by atoms with van der Waals surface area (Å²) >= 11 is 3.39. The predicted molar refractivity (Wildman–Crippen MR) is 63.1 cm³/mol. The van der Waals surface area contributed by atoms with Gasteiger partial charge in [0.05, 0.1) is 4.47 Å². The van der Waals surface area contributed by atoms with Crippen molar-refractivity contribution >= 4 is 15.9 Å². The molecule has 1 aromatic carbocycles. The van der Waals surface area contributed by atoms with Crippen LogP contribution in [0.25, 0.3) is 0 Å². The van der Waals surface area contributed by atoms with E-state index in [1.54, 1.807) is 12.1 Å². The highest BCUT2D eigenvalue weighted by Crippen LogP contribution is 2.24. The highest BCUT2D eigenvalue weighted by Gasteiger charge is 2.03. The summed E-state index contributed by atoms with van der Waals surface area (Å²) in [6, 6.07) is 11.1. The molecule has 0 unspecified atom stereocenters. The van der Waals surface area contributed by atoms with E-state index in [0.29, 0.717) is 18.1 Å². The van der Waals surface area contributed by atoms with Crippen LogP contribution in [0.2, 0.25) is 0 Å². The molecule has 1 N–H and O–H groups in total. The van der Waals surface area contributed by atoms with E-state index in [2.05, 4.69) is 15.9 Å². The maximum atomic E-state index is 8.84. The van der Waals surface area contributed by atoms with E-state index in [0.717, 1.165) is 10.2 Å². The molecule has 1 aromatic heterocycles. The van der Waals surface area contributed by atoms with E-state index < -0.39 is 0 Å². The summed E-state index contributed by atoms with van der Waals surface area (Å²) < 4.78 is 11.8. The molecule has 0 radical (unpaired) electrons. The standard InChI is InChI=1S/C12H11BrO3/c13-11-3-1-2-4-12(11)15-8-10-6-5-9(7-14)16-10/h1-6,14H,7-8H2. The average Bonchev–Trinajstić information content (AvgIpc) is 2.76. The lowest BCUT2D eigenvalue weighted by Gasteiger charge is -2.05. The Kier molecular flexibility index (Phi) is 3.64. The van der Waals surface area contributed by atoms with E-state index in [-0.39, 0.29) is 6.61 Å². The first-order chi connectivity index (χ1) is 7.79. The third-order valence-corrected chi connectivity index (χ3v) is 2.73. The largest absolute Gasteiger partial charge is 0.484 e. The predicted octanol–water partition coefficient (Wildman–Crippen LogP) is 3.11. The van der Waals surface area contributed by atoms with Gasteiger partial charge in [0.25, 0.3) is 0 Å². The Labute approximate surface area is 102 Å². The zero-order valence-corrected chi connectivity index (χ0v) is 10.1. The maximum absolute atomic E-state index is 8.84. The molecule has 2 aromatic rings. The van der Waals surface area contributed by atoms with Crippen molar-refractivity contribution in [2.24, 2.45) is 0 Å². The summed E-state index contributed by atoms with van der Waals surface area (Å²) in [6.07, 6.45) is 0. The smallest absolute Gasteiger partial charge is 0.146 e. The molecule has 2 rings (SSSR count). The van der Waals surface area contributed by atoms with Crippen molar-refractivity contribution in [3.8, 4) is 5.75 Å². The number of benzene rings is 1. The van der Waals surface area contributed by atoms with Gasteiger partial charge in [0.15, 0.2) is 0 Å². The van der Waals surface area contributed by atoms with Crippen LogP contribution in [0, 0.1) is 0 Å². The molecule has 1 heterocycles. The highest BCUT2D eigenvalue weighted by molar-refractivity contribution is 9.10. The third kappa shape index (κ3) is 2.65. The van der Waals surface area contributed by atoms with E-state index in [4.69, 9.17) is 14.3 Å². The summed E-state index contributed by atoms with van der Waals surface area (Å²) in [4.78, 5) is 0. The number of aliphatic hydroxyl groups is 1. The van der Waals surface area contributed by atoms with Crippen molar-refractivity contribution in [3.63, 3.8) is 0 Å². The van der Waals surface area contributed by atoms with Gasteiger partial charge in [-0.25, -0.2) is 0 Å². The van der Waals surface area contributed by atoms with Gasteiger partial charge < -0.3 is 14.3 Å². The SMILES string of the molecule is OCc1ccc(COc2ccccc2Br)o1. The summed E-state index contributed by atoms with van der Waals surface area (Å²) in [6.45, 7) is 0.262. The quantitative estimate of drug-likeness (QED) is 0.937. The number of hydrogen-bond acceptors (Lipinski definition) is 3. The number of aliphatic hydroxyl groups excluding tert-OH is 1. The van der Waals surface area contributed by atoms with Gasteiger partial charge in [0.2, 0.25) is 0 Å². The summed E-state index contributed by atoms with van der Waals surface area (Å²) in [5, 5.41) is 8.84. The summed E-state index contributed by atoms with van der Waals surface area (Å²) in [5.74, 6) is 2.01. The first-order valence-electron chi connectivity index (χ1n) is 4.85. The van der Waals surface area contributed by atoms with Crippen LogP contribution in [0.1, 0.15) is 11.5 Å². The molecule has 16 heavy (non-hydrogen) atoms. The van der Waals surface area contributed by atoms with Crippen LogP contribution in [0.5, 0.6) is 5.75 Å². The monoisotopic (exact) mass is 282 g/mol. The zero-order valence-electron chi connectivity index (χ0n) is 8.52. The van der Waals surface area contributed by atoms with E-state index in [9.17, 15) is 0 Å². The second kappa shape index (κ2) is 5.18. The molecule has 0 aliphatic carbocycles. The van der Waals surface area contributed by atoms with Crippen LogP contribution < -0.4 is 4.74 Å². The molecule has 0 spiro atoms. The molecule has 0 fully saturated rings. The lowest BCUT2D eigenvalue weighted by atomic mass is 10.3. The van der Waals surface area contributed by atoms with Crippen LogP contribution in [-0.4, -0.2) is 5.11 Å². The fourth-order valence-corrected chi connectivity index (χ4v) is 1.69. The Morgan fingerprint density at radius 1 is 1.12 bits per heavy atom. The van der Waals surface area contributed by atoms with Crippen molar-refractivity contribution in [2.75, 3.05) is 0 Å². The molecule has 0 amide bonds. The number of furan rings is 1. The van der Waals surface area contributed by atoms with E-state index >= 15 is 0 Å². The number of para-hydroxylation sites is 1. The Hall–Kier alpha value is -1.26. The molecule has 3 nitrogen and oxygen atoms in total. The van der Waals surface area contributed by atoms with Crippen LogP contribution in [0.4, 0.5) is 0 Å². The molecule has 84 valence electrons. The van der Waals surface area contributed by atoms with Gasteiger partial charge in [0, 0.05) is 0 Å². The van der Waals surface area contributed by atoms with E-state index in [1.807, 2.05) is 24.3 Å². The minimum absolute atomic E-state index is 0.0883. The van der Waals surface area contributed by atoms with Gasteiger partial charge in [-0.2, -0.15) is 0 Å². The number of hydrogen-bond donors (Lipinski definition) is 1. The molecular formula is C12H11BrO3. The Balaban J connectivity index is 1.99. The van der Waals surface area contributed by atoms with Crippen LogP contribution >= 0.6 is 15.9 Å². The molecule has 0 aliphatic heterocycles. The van der Waals surface area contributed by atoms with Crippen molar-refractivity contribution in [1.29, 1.82) is 0 Å². The van der Waals surface area contributed by atoms with Crippen molar-refractivity contribution in [3.05, 3.63) is 52.4 Å². The molecule has 0 aliphatic rings.